The zero-order valence-corrected chi connectivity index (χ0v) is 10.4. The molecule has 0 fully saturated rings. The number of benzene rings is 2. The van der Waals surface area contributed by atoms with Crippen molar-refractivity contribution in [2.45, 2.75) is 6.61 Å². The summed E-state index contributed by atoms with van der Waals surface area (Å²) in [6, 6.07) is 11.6. The van der Waals surface area contributed by atoms with Gasteiger partial charge in [-0.15, -0.1) is 0 Å². The molecule has 0 unspecified atom stereocenters. The molecule has 0 aliphatic heterocycles. The molecule has 20 heavy (non-hydrogen) atoms. The first-order valence-electron chi connectivity index (χ1n) is 6.00. The Morgan fingerprint density at radius 1 is 1.25 bits per heavy atom. The Labute approximate surface area is 114 Å². The van der Waals surface area contributed by atoms with E-state index in [1.54, 1.807) is 35.1 Å². The first-order valence-corrected chi connectivity index (χ1v) is 6.00. The summed E-state index contributed by atoms with van der Waals surface area (Å²) >= 11 is 0. The van der Waals surface area contributed by atoms with Crippen LogP contribution < -0.4 is 0 Å². The number of halogens is 1. The SMILES string of the molecule is N#Cc1ccc(-n2cc3c(CO)cc(F)cc3n2)cc1. The second-order valence-electron chi connectivity index (χ2n) is 4.39. The number of hydrogen-bond acceptors (Lipinski definition) is 3. The Morgan fingerprint density at radius 3 is 2.65 bits per heavy atom. The Morgan fingerprint density at radius 2 is 2.00 bits per heavy atom. The third kappa shape index (κ3) is 2.02. The minimum Gasteiger partial charge on any atom is -0.392 e. The Balaban J connectivity index is 2.15. The monoisotopic (exact) mass is 267 g/mol. The lowest BCUT2D eigenvalue weighted by Crippen LogP contribution is -1.93. The molecule has 3 rings (SSSR count). The van der Waals surface area contributed by atoms with Gasteiger partial charge in [-0.05, 0) is 35.9 Å². The van der Waals surface area contributed by atoms with Crippen molar-refractivity contribution in [2.24, 2.45) is 0 Å². The number of fused-ring (bicyclic) bond motifs is 1. The van der Waals surface area contributed by atoms with Crippen molar-refractivity contribution in [1.29, 1.82) is 5.26 Å². The van der Waals surface area contributed by atoms with E-state index < -0.39 is 5.82 Å². The third-order valence-electron chi connectivity index (χ3n) is 3.11. The number of aliphatic hydroxyl groups is 1. The molecule has 1 N–H and O–H groups in total. The minimum absolute atomic E-state index is 0.243. The van der Waals surface area contributed by atoms with Crippen LogP contribution in [0, 0.1) is 17.1 Å². The molecule has 2 aromatic carbocycles. The van der Waals surface area contributed by atoms with E-state index in [4.69, 9.17) is 5.26 Å². The van der Waals surface area contributed by atoms with Crippen molar-refractivity contribution < 1.29 is 9.50 Å². The molecule has 0 radical (unpaired) electrons. The van der Waals surface area contributed by atoms with Crippen LogP contribution in [0.25, 0.3) is 16.6 Å². The fraction of sp³-hybridized carbons (Fsp3) is 0.0667. The molecule has 4 nitrogen and oxygen atoms in total. The van der Waals surface area contributed by atoms with Crippen LogP contribution in [0.1, 0.15) is 11.1 Å². The molecule has 0 saturated heterocycles. The average Bonchev–Trinajstić information content (AvgIpc) is 2.90. The van der Waals surface area contributed by atoms with Crippen LogP contribution >= 0.6 is 0 Å². The maximum absolute atomic E-state index is 13.4. The van der Waals surface area contributed by atoms with Crippen molar-refractivity contribution in [1.82, 2.24) is 9.78 Å². The lowest BCUT2D eigenvalue weighted by Gasteiger charge is -1.99. The number of aliphatic hydroxyl groups excluding tert-OH is 1. The smallest absolute Gasteiger partial charge is 0.125 e. The van der Waals surface area contributed by atoms with Crippen molar-refractivity contribution in [3.63, 3.8) is 0 Å². The van der Waals surface area contributed by atoms with Crippen molar-refractivity contribution in [2.75, 3.05) is 0 Å². The molecule has 0 spiro atoms. The van der Waals surface area contributed by atoms with Crippen molar-refractivity contribution in [3.05, 3.63) is 59.5 Å². The second-order valence-corrected chi connectivity index (χ2v) is 4.39. The van der Waals surface area contributed by atoms with E-state index in [0.717, 1.165) is 5.69 Å². The molecule has 0 aliphatic carbocycles. The quantitative estimate of drug-likeness (QED) is 0.776. The third-order valence-corrected chi connectivity index (χ3v) is 3.11. The van der Waals surface area contributed by atoms with E-state index in [2.05, 4.69) is 5.10 Å². The van der Waals surface area contributed by atoms with Crippen LogP contribution in [0.2, 0.25) is 0 Å². The molecule has 0 amide bonds. The van der Waals surface area contributed by atoms with Gasteiger partial charge in [-0.25, -0.2) is 9.07 Å². The highest BCUT2D eigenvalue weighted by Crippen LogP contribution is 2.21. The van der Waals surface area contributed by atoms with Crippen LogP contribution in [0.5, 0.6) is 0 Å². The van der Waals surface area contributed by atoms with E-state index in [1.807, 2.05) is 6.07 Å². The molecule has 3 aromatic rings. The van der Waals surface area contributed by atoms with Crippen LogP contribution in [-0.4, -0.2) is 14.9 Å². The zero-order chi connectivity index (χ0) is 14.1. The fourth-order valence-corrected chi connectivity index (χ4v) is 2.11. The topological polar surface area (TPSA) is 61.8 Å². The van der Waals surface area contributed by atoms with Crippen molar-refractivity contribution >= 4 is 10.9 Å². The summed E-state index contributed by atoms with van der Waals surface area (Å²) in [4.78, 5) is 0. The van der Waals surface area contributed by atoms with Crippen LogP contribution in [-0.2, 0) is 6.61 Å². The number of nitriles is 1. The summed E-state index contributed by atoms with van der Waals surface area (Å²) in [6.45, 7) is -0.243. The maximum Gasteiger partial charge on any atom is 0.125 e. The summed E-state index contributed by atoms with van der Waals surface area (Å²) in [5.74, 6) is -0.424. The second kappa shape index (κ2) is 4.76. The van der Waals surface area contributed by atoms with Gasteiger partial charge in [0, 0.05) is 17.6 Å². The van der Waals surface area contributed by atoms with Gasteiger partial charge < -0.3 is 5.11 Å². The Kier molecular flexibility index (Phi) is 2.93. The average molecular weight is 267 g/mol. The predicted molar refractivity (Wildman–Crippen MR) is 71.7 cm³/mol. The summed E-state index contributed by atoms with van der Waals surface area (Å²) in [6.07, 6.45) is 1.74. The van der Waals surface area contributed by atoms with E-state index in [1.165, 1.54) is 12.1 Å². The van der Waals surface area contributed by atoms with E-state index >= 15 is 0 Å². The molecule has 0 saturated carbocycles. The number of rotatable bonds is 2. The molecular weight excluding hydrogens is 257 g/mol. The standard InChI is InChI=1S/C15H10FN3O/c16-12-5-11(9-20)14-8-19(18-15(14)6-12)13-3-1-10(7-17)2-4-13/h1-6,8,20H,9H2. The van der Waals surface area contributed by atoms with Crippen LogP contribution in [0.15, 0.2) is 42.6 Å². The van der Waals surface area contributed by atoms with Crippen LogP contribution in [0.3, 0.4) is 0 Å². The summed E-state index contributed by atoms with van der Waals surface area (Å²) in [7, 11) is 0. The molecule has 0 aliphatic rings. The van der Waals surface area contributed by atoms with E-state index in [9.17, 15) is 9.50 Å². The highest BCUT2D eigenvalue weighted by Gasteiger charge is 2.09. The molecule has 1 heterocycles. The maximum atomic E-state index is 13.4. The lowest BCUT2D eigenvalue weighted by atomic mass is 10.1. The highest BCUT2D eigenvalue weighted by molar-refractivity contribution is 5.82. The summed E-state index contributed by atoms with van der Waals surface area (Å²) in [5, 5.41) is 23.0. The Bertz CT molecular complexity index is 815. The van der Waals surface area contributed by atoms with Gasteiger partial charge in [0.25, 0.3) is 0 Å². The Hall–Kier alpha value is -2.71. The van der Waals surface area contributed by atoms with Gasteiger partial charge in [0.05, 0.1) is 29.4 Å². The van der Waals surface area contributed by atoms with Crippen molar-refractivity contribution in [3.8, 4) is 11.8 Å². The molecular formula is C15H10FN3O. The van der Waals surface area contributed by atoms with Gasteiger partial charge in [-0.3, -0.25) is 0 Å². The van der Waals surface area contributed by atoms with Gasteiger partial charge in [-0.2, -0.15) is 10.4 Å². The molecule has 1 aromatic heterocycles. The first-order chi connectivity index (χ1) is 9.71. The van der Waals surface area contributed by atoms with Gasteiger partial charge >= 0.3 is 0 Å². The van der Waals surface area contributed by atoms with Crippen LogP contribution in [0.4, 0.5) is 4.39 Å². The summed E-state index contributed by atoms with van der Waals surface area (Å²) < 4.78 is 15.0. The normalized spacial score (nSPS) is 10.7. The highest BCUT2D eigenvalue weighted by atomic mass is 19.1. The van der Waals surface area contributed by atoms with Gasteiger partial charge in [-0.1, -0.05) is 0 Å². The van der Waals surface area contributed by atoms with E-state index in [-0.39, 0.29) is 6.61 Å². The van der Waals surface area contributed by atoms with Gasteiger partial charge in [0.2, 0.25) is 0 Å². The number of aromatic nitrogens is 2. The number of nitrogens with zero attached hydrogens (tertiary/aromatic N) is 3. The lowest BCUT2D eigenvalue weighted by molar-refractivity contribution is 0.283. The number of hydrogen-bond donors (Lipinski definition) is 1. The predicted octanol–water partition coefficient (Wildman–Crippen LogP) is 2.53. The largest absolute Gasteiger partial charge is 0.392 e. The minimum atomic E-state index is -0.424. The van der Waals surface area contributed by atoms with E-state index in [0.29, 0.717) is 22.0 Å². The fourth-order valence-electron chi connectivity index (χ4n) is 2.11. The zero-order valence-electron chi connectivity index (χ0n) is 10.4. The molecule has 0 bridgehead atoms. The molecule has 0 atom stereocenters. The van der Waals surface area contributed by atoms with Gasteiger partial charge in [0.15, 0.2) is 0 Å². The first kappa shape index (κ1) is 12.3. The summed E-state index contributed by atoms with van der Waals surface area (Å²) in [5.41, 5.74) is 2.32. The van der Waals surface area contributed by atoms with Gasteiger partial charge in [0.1, 0.15) is 5.82 Å². The molecule has 98 valence electrons. The molecule has 5 heteroatoms.